The van der Waals surface area contributed by atoms with Crippen LogP contribution in [0.1, 0.15) is 102 Å². The molecule has 1 N–H and O–H groups in total. The summed E-state index contributed by atoms with van der Waals surface area (Å²) in [5.41, 5.74) is 22.3. The van der Waals surface area contributed by atoms with Crippen LogP contribution in [0.5, 0.6) is 0 Å². The lowest BCUT2D eigenvalue weighted by Gasteiger charge is -2.34. The maximum atomic E-state index is 7.35. The predicted molar refractivity (Wildman–Crippen MR) is 354 cm³/mol. The Labute approximate surface area is 496 Å². The standard InChI is InChI=1S/C78H68N4O3/c1-11-78(10)63-42-52(81(50-34-30-48(31-35-50)76(4,5)6)74-61(40-46(2)44-79-74)57-25-18-23-55-53-20-12-15-27-66(53)83-71(55)57)38-39-59(63)69-64(78)43-65(70-60-22-14-17-29-68(60)85-73(69)70)82(51-36-32-49(33-37-51)77(7,8)9)75-62(41-47(3)45-80-75)58-26-19-24-56-54-21-13-16-28-67(54)84-72(56)58/h12-43,45,79H,11,44H2,1-10H3. The minimum atomic E-state index is -0.469. The Morgan fingerprint density at radius 3 is 1.65 bits per heavy atom. The quantitative estimate of drug-likeness (QED) is 0.154. The molecule has 0 saturated heterocycles. The van der Waals surface area contributed by atoms with E-state index in [1.54, 1.807) is 0 Å². The van der Waals surface area contributed by atoms with Crippen molar-refractivity contribution in [1.29, 1.82) is 0 Å². The molecule has 13 aromatic rings. The predicted octanol–water partition coefficient (Wildman–Crippen LogP) is 21.6. The number of nitrogens with zero attached hydrogens (tertiary/aromatic N) is 3. The number of aromatic nitrogens is 1. The molecular formula is C78H68N4O3. The van der Waals surface area contributed by atoms with Gasteiger partial charge in [0.2, 0.25) is 0 Å². The third-order valence-corrected chi connectivity index (χ3v) is 18.3. The summed E-state index contributed by atoms with van der Waals surface area (Å²) in [4.78, 5) is 10.3. The van der Waals surface area contributed by atoms with Crippen LogP contribution in [0.3, 0.4) is 0 Å². The molecule has 4 aromatic heterocycles. The summed E-state index contributed by atoms with van der Waals surface area (Å²) in [6.07, 6.45) is 5.17. The number of para-hydroxylation sites is 5. The van der Waals surface area contributed by atoms with Gasteiger partial charge in [0.15, 0.2) is 0 Å². The number of furan rings is 3. The molecular weight excluding hydrogens is 1040 g/mol. The van der Waals surface area contributed by atoms with Gasteiger partial charge in [-0.2, -0.15) is 0 Å². The fraction of sp³-hybridized carbons (Fsp3) is 0.192. The van der Waals surface area contributed by atoms with E-state index in [4.69, 9.17) is 18.2 Å². The molecule has 85 heavy (non-hydrogen) atoms. The molecule has 1 atom stereocenters. The average Bonchev–Trinajstić information content (AvgIpc) is 1.57. The zero-order chi connectivity index (χ0) is 58.3. The van der Waals surface area contributed by atoms with E-state index in [-0.39, 0.29) is 10.8 Å². The van der Waals surface area contributed by atoms with E-state index >= 15 is 0 Å². The number of dihydropyridines is 1. The molecule has 1 aliphatic heterocycles. The fourth-order valence-corrected chi connectivity index (χ4v) is 13.6. The van der Waals surface area contributed by atoms with Crippen molar-refractivity contribution >= 4 is 100.0 Å². The number of aryl methyl sites for hydroxylation is 1. The second kappa shape index (κ2) is 19.2. The van der Waals surface area contributed by atoms with E-state index in [0.29, 0.717) is 6.54 Å². The molecule has 0 saturated carbocycles. The Hall–Kier alpha value is -9.59. The summed E-state index contributed by atoms with van der Waals surface area (Å²) in [5, 5.41) is 10.4. The molecule has 0 fully saturated rings. The summed E-state index contributed by atoms with van der Waals surface area (Å²) in [6, 6.07) is 68.4. The monoisotopic (exact) mass is 1110 g/mol. The maximum Gasteiger partial charge on any atom is 0.145 e. The summed E-state index contributed by atoms with van der Waals surface area (Å²) < 4.78 is 21.0. The smallest absolute Gasteiger partial charge is 0.145 e. The topological polar surface area (TPSA) is 70.8 Å². The van der Waals surface area contributed by atoms with Crippen molar-refractivity contribution in [3.8, 4) is 22.3 Å². The first-order valence-electron chi connectivity index (χ1n) is 29.9. The number of fused-ring (bicyclic) bond motifs is 13. The molecule has 418 valence electrons. The van der Waals surface area contributed by atoms with Gasteiger partial charge in [-0.25, -0.2) is 4.98 Å². The molecule has 0 spiro atoms. The van der Waals surface area contributed by atoms with Crippen LogP contribution < -0.4 is 15.1 Å². The molecule has 1 unspecified atom stereocenters. The van der Waals surface area contributed by atoms with Crippen LogP contribution in [0, 0.1) is 6.92 Å². The SMILES string of the molecule is CCC1(C)c2cc(N(C3=C(c4cccc5c4oc4ccccc45)C=C(C)CN3)c3ccc(C(C)(C)C)cc3)ccc2-c2c1cc(N(c1ccc(C(C)(C)C)cc1)c1ncc(C)cc1-c1cccc3c1oc1ccccc13)c1c2oc2ccccc21. The molecule has 2 aliphatic rings. The van der Waals surface area contributed by atoms with Crippen molar-refractivity contribution in [2.45, 2.75) is 91.9 Å². The van der Waals surface area contributed by atoms with Crippen molar-refractivity contribution in [2.75, 3.05) is 16.3 Å². The second-order valence-corrected chi connectivity index (χ2v) is 25.9. The number of hydrogen-bond acceptors (Lipinski definition) is 7. The van der Waals surface area contributed by atoms with Crippen LogP contribution in [0.2, 0.25) is 0 Å². The normalized spacial score (nSPS) is 15.3. The summed E-state index contributed by atoms with van der Waals surface area (Å²) in [7, 11) is 0. The molecule has 0 amide bonds. The van der Waals surface area contributed by atoms with E-state index in [2.05, 4.69) is 266 Å². The van der Waals surface area contributed by atoms with Crippen LogP contribution >= 0.6 is 0 Å². The molecule has 0 radical (unpaired) electrons. The van der Waals surface area contributed by atoms with Crippen molar-refractivity contribution in [2.24, 2.45) is 0 Å². The average molecular weight is 1110 g/mol. The Bertz CT molecular complexity index is 4940. The number of benzene rings is 9. The van der Waals surface area contributed by atoms with Gasteiger partial charge in [0.05, 0.1) is 11.1 Å². The lowest BCUT2D eigenvalue weighted by molar-refractivity contribution is 0.564. The largest absolute Gasteiger partial charge is 0.455 e. The molecule has 5 heterocycles. The highest BCUT2D eigenvalue weighted by atomic mass is 16.3. The molecule has 9 aromatic carbocycles. The van der Waals surface area contributed by atoms with Gasteiger partial charge in [-0.3, -0.25) is 9.80 Å². The minimum absolute atomic E-state index is 0.0259. The van der Waals surface area contributed by atoms with Crippen molar-refractivity contribution in [3.05, 3.63) is 245 Å². The second-order valence-electron chi connectivity index (χ2n) is 25.9. The number of pyridine rings is 1. The van der Waals surface area contributed by atoms with Crippen LogP contribution in [0.15, 0.2) is 225 Å². The van der Waals surface area contributed by atoms with Crippen molar-refractivity contribution in [1.82, 2.24) is 10.3 Å². The van der Waals surface area contributed by atoms with Crippen molar-refractivity contribution in [3.63, 3.8) is 0 Å². The van der Waals surface area contributed by atoms with Crippen LogP contribution in [0.4, 0.5) is 28.6 Å². The molecule has 0 bridgehead atoms. The molecule has 15 rings (SSSR count). The highest BCUT2D eigenvalue weighted by Gasteiger charge is 2.43. The van der Waals surface area contributed by atoms with E-state index in [1.165, 1.54) is 33.4 Å². The number of hydrogen-bond donors (Lipinski definition) is 1. The Morgan fingerprint density at radius 2 is 1.04 bits per heavy atom. The van der Waals surface area contributed by atoms with Gasteiger partial charge in [0.25, 0.3) is 0 Å². The van der Waals surface area contributed by atoms with Gasteiger partial charge in [0, 0.05) is 90.0 Å². The zero-order valence-corrected chi connectivity index (χ0v) is 50.0. The van der Waals surface area contributed by atoms with Crippen LogP contribution in [-0.4, -0.2) is 11.5 Å². The first-order valence-corrected chi connectivity index (χ1v) is 29.9. The lowest BCUT2D eigenvalue weighted by Crippen LogP contribution is -2.33. The number of anilines is 5. The fourth-order valence-electron chi connectivity index (χ4n) is 13.6. The van der Waals surface area contributed by atoms with Gasteiger partial charge in [-0.1, -0.05) is 182 Å². The Kier molecular flexibility index (Phi) is 11.8. The van der Waals surface area contributed by atoms with E-state index < -0.39 is 5.41 Å². The van der Waals surface area contributed by atoms with Gasteiger partial charge >= 0.3 is 0 Å². The minimum Gasteiger partial charge on any atom is -0.455 e. The summed E-state index contributed by atoms with van der Waals surface area (Å²) in [6.45, 7) is 23.4. The van der Waals surface area contributed by atoms with Gasteiger partial charge < -0.3 is 18.6 Å². The molecule has 7 nitrogen and oxygen atoms in total. The Balaban J connectivity index is 0.976. The first kappa shape index (κ1) is 52.2. The van der Waals surface area contributed by atoms with Gasteiger partial charge in [-0.15, -0.1) is 0 Å². The third kappa shape index (κ3) is 8.25. The van der Waals surface area contributed by atoms with E-state index in [0.717, 1.165) is 140 Å². The first-order chi connectivity index (χ1) is 41.1. The summed E-state index contributed by atoms with van der Waals surface area (Å²) >= 11 is 0. The summed E-state index contributed by atoms with van der Waals surface area (Å²) in [5.74, 6) is 1.79. The maximum absolute atomic E-state index is 7.35. The number of allylic oxidation sites excluding steroid dienone is 2. The molecule has 7 heteroatoms. The lowest BCUT2D eigenvalue weighted by atomic mass is 9.77. The van der Waals surface area contributed by atoms with Crippen LogP contribution in [0.25, 0.3) is 93.6 Å². The zero-order valence-electron chi connectivity index (χ0n) is 50.0. The van der Waals surface area contributed by atoms with Crippen LogP contribution in [-0.2, 0) is 16.2 Å². The number of rotatable bonds is 9. The van der Waals surface area contributed by atoms with E-state index in [1.807, 2.05) is 18.3 Å². The highest BCUT2D eigenvalue weighted by Crippen LogP contribution is 2.59. The molecule has 1 aliphatic carbocycles. The van der Waals surface area contributed by atoms with E-state index in [9.17, 15) is 0 Å². The van der Waals surface area contributed by atoms with Crippen molar-refractivity contribution < 1.29 is 13.3 Å². The highest BCUT2D eigenvalue weighted by molar-refractivity contribution is 6.20. The third-order valence-electron chi connectivity index (χ3n) is 18.3. The Morgan fingerprint density at radius 1 is 0.506 bits per heavy atom. The van der Waals surface area contributed by atoms with Gasteiger partial charge in [0.1, 0.15) is 45.1 Å². The number of nitrogens with one attached hydrogen (secondary N) is 1. The van der Waals surface area contributed by atoms with Gasteiger partial charge in [-0.05, 0) is 137 Å².